The normalized spacial score (nSPS) is 23.3. The first-order valence-electron chi connectivity index (χ1n) is 7.68. The maximum absolute atomic E-state index is 12.0. The molecule has 1 saturated carbocycles. The van der Waals surface area contributed by atoms with Crippen molar-refractivity contribution in [1.82, 2.24) is 5.32 Å². The van der Waals surface area contributed by atoms with Crippen molar-refractivity contribution < 1.29 is 19.4 Å². The number of hydrogen-bond acceptors (Lipinski definition) is 3. The van der Waals surface area contributed by atoms with Gasteiger partial charge in [0.1, 0.15) is 5.75 Å². The third-order valence-electron chi connectivity index (χ3n) is 4.36. The van der Waals surface area contributed by atoms with Crippen molar-refractivity contribution in [1.29, 1.82) is 0 Å². The number of aliphatic carboxylic acids is 1. The van der Waals surface area contributed by atoms with E-state index < -0.39 is 5.97 Å². The summed E-state index contributed by atoms with van der Waals surface area (Å²) in [7, 11) is 0. The van der Waals surface area contributed by atoms with Crippen LogP contribution in [0.2, 0.25) is 0 Å². The number of carbonyl (C=O) groups excluding carboxylic acids is 1. The van der Waals surface area contributed by atoms with Gasteiger partial charge in [0, 0.05) is 18.2 Å². The van der Waals surface area contributed by atoms with Crippen LogP contribution in [0.1, 0.15) is 31.2 Å². The predicted octanol–water partition coefficient (Wildman–Crippen LogP) is 2.39. The maximum atomic E-state index is 12.0. The molecule has 118 valence electrons. The van der Waals surface area contributed by atoms with Gasteiger partial charge in [-0.1, -0.05) is 0 Å². The molecule has 2 aliphatic rings. The van der Waals surface area contributed by atoms with Gasteiger partial charge in [-0.15, -0.1) is 0 Å². The van der Waals surface area contributed by atoms with E-state index in [4.69, 9.17) is 9.84 Å². The molecule has 0 spiro atoms. The third kappa shape index (κ3) is 3.32. The molecular formula is C16H20N2O4. The average molecular weight is 304 g/mol. The van der Waals surface area contributed by atoms with Gasteiger partial charge in [0.15, 0.2) is 0 Å². The summed E-state index contributed by atoms with van der Waals surface area (Å²) in [5.41, 5.74) is 1.86. The average Bonchev–Trinajstić information content (AvgIpc) is 2.95. The van der Waals surface area contributed by atoms with Crippen LogP contribution in [-0.2, 0) is 11.2 Å². The van der Waals surface area contributed by atoms with Crippen LogP contribution < -0.4 is 15.4 Å². The summed E-state index contributed by atoms with van der Waals surface area (Å²) >= 11 is 0. The van der Waals surface area contributed by atoms with Crippen molar-refractivity contribution in [2.45, 2.75) is 38.1 Å². The molecule has 1 fully saturated rings. The van der Waals surface area contributed by atoms with Gasteiger partial charge in [-0.2, -0.15) is 0 Å². The fourth-order valence-electron chi connectivity index (χ4n) is 3.10. The van der Waals surface area contributed by atoms with Crippen LogP contribution in [0.5, 0.6) is 5.75 Å². The Bertz CT molecular complexity index is 580. The highest BCUT2D eigenvalue weighted by atomic mass is 16.5. The van der Waals surface area contributed by atoms with Gasteiger partial charge in [0.25, 0.3) is 0 Å². The molecule has 1 aliphatic heterocycles. The number of hydrogen-bond donors (Lipinski definition) is 3. The van der Waals surface area contributed by atoms with Gasteiger partial charge < -0.3 is 20.5 Å². The second-order valence-corrected chi connectivity index (χ2v) is 5.91. The minimum absolute atomic E-state index is 0.0494. The van der Waals surface area contributed by atoms with Gasteiger partial charge in [0.2, 0.25) is 0 Å². The summed E-state index contributed by atoms with van der Waals surface area (Å²) in [6.45, 7) is 0.692. The van der Waals surface area contributed by atoms with Crippen LogP contribution in [0.15, 0.2) is 18.2 Å². The molecule has 6 nitrogen and oxygen atoms in total. The molecule has 3 N–H and O–H groups in total. The fraction of sp³-hybridized carbons (Fsp3) is 0.500. The second kappa shape index (κ2) is 6.25. The molecule has 0 aromatic heterocycles. The SMILES string of the molecule is O=C(Nc1ccc2c(c1)CCO2)NC1CCC(C(=O)O)CC1. The molecule has 1 aliphatic carbocycles. The Kier molecular flexibility index (Phi) is 4.18. The van der Waals surface area contributed by atoms with E-state index >= 15 is 0 Å². The smallest absolute Gasteiger partial charge is 0.319 e. The lowest BCUT2D eigenvalue weighted by Gasteiger charge is -2.26. The van der Waals surface area contributed by atoms with Crippen LogP contribution in [-0.4, -0.2) is 29.8 Å². The molecule has 0 radical (unpaired) electrons. The minimum atomic E-state index is -0.733. The van der Waals surface area contributed by atoms with E-state index in [1.807, 2.05) is 18.2 Å². The van der Waals surface area contributed by atoms with Crippen molar-refractivity contribution in [3.63, 3.8) is 0 Å². The van der Waals surface area contributed by atoms with Crippen LogP contribution >= 0.6 is 0 Å². The predicted molar refractivity (Wildman–Crippen MR) is 81.2 cm³/mol. The summed E-state index contributed by atoms with van der Waals surface area (Å²) in [4.78, 5) is 22.9. The van der Waals surface area contributed by atoms with Crippen LogP contribution in [0.4, 0.5) is 10.5 Å². The van der Waals surface area contributed by atoms with Gasteiger partial charge in [-0.25, -0.2) is 4.79 Å². The summed E-state index contributed by atoms with van der Waals surface area (Å²) < 4.78 is 5.43. The van der Waals surface area contributed by atoms with Crippen molar-refractivity contribution in [3.05, 3.63) is 23.8 Å². The highest BCUT2D eigenvalue weighted by Crippen LogP contribution is 2.28. The van der Waals surface area contributed by atoms with Gasteiger partial charge in [-0.05, 0) is 49.4 Å². The first-order valence-corrected chi connectivity index (χ1v) is 7.68. The lowest BCUT2D eigenvalue weighted by Crippen LogP contribution is -2.40. The first kappa shape index (κ1) is 14.7. The number of carbonyl (C=O) groups is 2. The molecule has 1 heterocycles. The van der Waals surface area contributed by atoms with Gasteiger partial charge in [-0.3, -0.25) is 4.79 Å². The Morgan fingerprint density at radius 3 is 2.68 bits per heavy atom. The third-order valence-corrected chi connectivity index (χ3v) is 4.36. The topological polar surface area (TPSA) is 87.7 Å². The van der Waals surface area contributed by atoms with E-state index in [1.54, 1.807) is 0 Å². The Hall–Kier alpha value is -2.24. The van der Waals surface area contributed by atoms with E-state index in [0.717, 1.165) is 23.4 Å². The largest absolute Gasteiger partial charge is 0.493 e. The summed E-state index contributed by atoms with van der Waals surface area (Å²) in [6, 6.07) is 5.44. The second-order valence-electron chi connectivity index (χ2n) is 5.91. The van der Waals surface area contributed by atoms with E-state index in [1.165, 1.54) is 0 Å². The van der Waals surface area contributed by atoms with E-state index in [0.29, 0.717) is 32.3 Å². The summed E-state index contributed by atoms with van der Waals surface area (Å²) in [5.74, 6) is -0.112. The number of anilines is 1. The van der Waals surface area contributed by atoms with Crippen molar-refractivity contribution >= 4 is 17.7 Å². The number of ether oxygens (including phenoxy) is 1. The number of urea groups is 1. The van der Waals surface area contributed by atoms with E-state index in [9.17, 15) is 9.59 Å². The molecular weight excluding hydrogens is 284 g/mol. The van der Waals surface area contributed by atoms with Crippen LogP contribution in [0.25, 0.3) is 0 Å². The lowest BCUT2D eigenvalue weighted by molar-refractivity contribution is -0.142. The Balaban J connectivity index is 1.50. The van der Waals surface area contributed by atoms with E-state index in [2.05, 4.69) is 10.6 Å². The number of carboxylic acid groups (broad SMARTS) is 1. The molecule has 0 unspecified atom stereocenters. The molecule has 0 bridgehead atoms. The Morgan fingerprint density at radius 1 is 1.18 bits per heavy atom. The molecule has 22 heavy (non-hydrogen) atoms. The quantitative estimate of drug-likeness (QED) is 0.800. The molecule has 3 rings (SSSR count). The number of fused-ring (bicyclic) bond motifs is 1. The number of amides is 2. The van der Waals surface area contributed by atoms with Crippen molar-refractivity contribution in [3.8, 4) is 5.75 Å². The molecule has 0 atom stereocenters. The lowest BCUT2D eigenvalue weighted by atomic mass is 9.86. The monoisotopic (exact) mass is 304 g/mol. The highest BCUT2D eigenvalue weighted by molar-refractivity contribution is 5.89. The maximum Gasteiger partial charge on any atom is 0.319 e. The summed E-state index contributed by atoms with van der Waals surface area (Å²) in [5, 5.41) is 14.7. The van der Waals surface area contributed by atoms with Crippen molar-refractivity contribution in [2.75, 3.05) is 11.9 Å². The minimum Gasteiger partial charge on any atom is -0.493 e. The van der Waals surface area contributed by atoms with Crippen LogP contribution in [0.3, 0.4) is 0 Å². The standard InChI is InChI=1S/C16H20N2O4/c19-15(20)10-1-3-12(4-2-10)17-16(21)18-13-5-6-14-11(9-13)7-8-22-14/h5-6,9-10,12H,1-4,7-8H2,(H,19,20)(H2,17,18,21). The fourth-order valence-corrected chi connectivity index (χ4v) is 3.10. The van der Waals surface area contributed by atoms with Crippen molar-refractivity contribution in [2.24, 2.45) is 5.92 Å². The Labute approximate surface area is 128 Å². The first-order chi connectivity index (χ1) is 10.6. The zero-order chi connectivity index (χ0) is 15.5. The molecule has 1 aromatic rings. The number of benzene rings is 1. The Morgan fingerprint density at radius 2 is 1.95 bits per heavy atom. The molecule has 1 aromatic carbocycles. The highest BCUT2D eigenvalue weighted by Gasteiger charge is 2.26. The number of carboxylic acids is 1. The number of nitrogens with one attached hydrogen (secondary N) is 2. The molecule has 6 heteroatoms. The molecule has 0 saturated heterocycles. The van der Waals surface area contributed by atoms with Crippen LogP contribution in [0, 0.1) is 5.92 Å². The molecule has 2 amide bonds. The van der Waals surface area contributed by atoms with Gasteiger partial charge >= 0.3 is 12.0 Å². The van der Waals surface area contributed by atoms with E-state index in [-0.39, 0.29) is 18.0 Å². The zero-order valence-corrected chi connectivity index (χ0v) is 12.3. The summed E-state index contributed by atoms with van der Waals surface area (Å²) in [6.07, 6.45) is 3.53. The number of rotatable bonds is 3. The van der Waals surface area contributed by atoms with Gasteiger partial charge in [0.05, 0.1) is 12.5 Å². The zero-order valence-electron chi connectivity index (χ0n) is 12.3.